The number of benzene rings is 1. The number of aromatic nitrogens is 4. The van der Waals surface area contributed by atoms with Crippen LogP contribution in [0.25, 0.3) is 5.69 Å². The fraction of sp³-hybridized carbons (Fsp3) is 0.263. The summed E-state index contributed by atoms with van der Waals surface area (Å²) in [7, 11) is 0. The van der Waals surface area contributed by atoms with Crippen molar-refractivity contribution >= 4 is 5.91 Å². The van der Waals surface area contributed by atoms with Crippen LogP contribution < -0.4 is 0 Å². The lowest BCUT2D eigenvalue weighted by Crippen LogP contribution is -2.39. The predicted molar refractivity (Wildman–Crippen MR) is 93.2 cm³/mol. The van der Waals surface area contributed by atoms with Gasteiger partial charge in [-0.25, -0.2) is 0 Å². The van der Waals surface area contributed by atoms with Crippen molar-refractivity contribution in [2.24, 2.45) is 0 Å². The van der Waals surface area contributed by atoms with Crippen molar-refractivity contribution in [1.82, 2.24) is 24.6 Å². The lowest BCUT2D eigenvalue weighted by Gasteiger charge is -2.36. The Morgan fingerprint density at radius 3 is 2.68 bits per heavy atom. The third-order valence-corrected chi connectivity index (χ3v) is 4.66. The smallest absolute Gasteiger partial charge is 0.256 e. The maximum atomic E-state index is 13.4. The zero-order valence-corrected chi connectivity index (χ0v) is 13.8. The quantitative estimate of drug-likeness (QED) is 0.739. The number of hydrogen-bond acceptors (Lipinski definition) is 4. The Bertz CT molecular complexity index is 847. The van der Waals surface area contributed by atoms with Crippen LogP contribution in [0.4, 0.5) is 0 Å². The number of amides is 1. The topological polar surface area (TPSA) is 63.9 Å². The van der Waals surface area contributed by atoms with Crippen LogP contribution in [-0.4, -0.2) is 37.1 Å². The summed E-state index contributed by atoms with van der Waals surface area (Å²) >= 11 is 0. The van der Waals surface area contributed by atoms with Crippen molar-refractivity contribution in [3.8, 4) is 5.69 Å². The molecule has 1 aliphatic heterocycles. The molecule has 0 saturated carbocycles. The van der Waals surface area contributed by atoms with Gasteiger partial charge in [-0.1, -0.05) is 18.2 Å². The van der Waals surface area contributed by atoms with Crippen molar-refractivity contribution in [3.05, 3.63) is 72.6 Å². The van der Waals surface area contributed by atoms with Gasteiger partial charge in [0, 0.05) is 18.9 Å². The second-order valence-corrected chi connectivity index (χ2v) is 6.18. The molecule has 25 heavy (non-hydrogen) atoms. The van der Waals surface area contributed by atoms with E-state index in [1.807, 2.05) is 41.4 Å². The van der Waals surface area contributed by atoms with Gasteiger partial charge in [-0.3, -0.25) is 14.3 Å². The van der Waals surface area contributed by atoms with E-state index in [-0.39, 0.29) is 11.9 Å². The molecule has 0 aliphatic carbocycles. The van der Waals surface area contributed by atoms with Crippen LogP contribution >= 0.6 is 0 Å². The number of pyridine rings is 1. The third kappa shape index (κ3) is 3.03. The SMILES string of the molecule is O=C(c1ccccc1-n1cnnc1)N1CCCC[C@H]1c1cccnc1. The summed E-state index contributed by atoms with van der Waals surface area (Å²) in [5, 5.41) is 7.71. The summed E-state index contributed by atoms with van der Waals surface area (Å²) in [6.07, 6.45) is 9.96. The highest BCUT2D eigenvalue weighted by Gasteiger charge is 2.30. The zero-order valence-electron chi connectivity index (χ0n) is 13.8. The average molecular weight is 333 g/mol. The van der Waals surface area contributed by atoms with E-state index in [1.165, 1.54) is 0 Å². The van der Waals surface area contributed by atoms with Crippen LogP contribution in [0.3, 0.4) is 0 Å². The summed E-state index contributed by atoms with van der Waals surface area (Å²) in [5.74, 6) is 0.0397. The normalized spacial score (nSPS) is 17.4. The molecule has 126 valence electrons. The Labute approximate surface area is 146 Å². The van der Waals surface area contributed by atoms with Crippen LogP contribution in [0.1, 0.15) is 41.2 Å². The molecular weight excluding hydrogens is 314 g/mol. The Morgan fingerprint density at radius 1 is 1.04 bits per heavy atom. The van der Waals surface area contributed by atoms with Gasteiger partial charge in [-0.2, -0.15) is 0 Å². The number of rotatable bonds is 3. The van der Waals surface area contributed by atoms with Crippen molar-refractivity contribution in [2.75, 3.05) is 6.54 Å². The average Bonchev–Trinajstić information content (AvgIpc) is 3.23. The first-order valence-electron chi connectivity index (χ1n) is 8.49. The van der Waals surface area contributed by atoms with E-state index in [0.717, 1.165) is 37.1 Å². The van der Waals surface area contributed by atoms with Crippen molar-refractivity contribution in [3.63, 3.8) is 0 Å². The highest BCUT2D eigenvalue weighted by Crippen LogP contribution is 2.32. The monoisotopic (exact) mass is 333 g/mol. The van der Waals surface area contributed by atoms with Crippen molar-refractivity contribution in [2.45, 2.75) is 25.3 Å². The maximum absolute atomic E-state index is 13.4. The van der Waals surface area contributed by atoms with E-state index < -0.39 is 0 Å². The van der Waals surface area contributed by atoms with Gasteiger partial charge in [0.1, 0.15) is 12.7 Å². The van der Waals surface area contributed by atoms with Crippen LogP contribution in [0.15, 0.2) is 61.4 Å². The summed E-state index contributed by atoms with van der Waals surface area (Å²) in [4.78, 5) is 19.6. The number of hydrogen-bond donors (Lipinski definition) is 0. The first kappa shape index (κ1) is 15.5. The summed E-state index contributed by atoms with van der Waals surface area (Å²) < 4.78 is 1.77. The highest BCUT2D eigenvalue weighted by atomic mass is 16.2. The maximum Gasteiger partial charge on any atom is 0.256 e. The largest absolute Gasteiger partial charge is 0.331 e. The van der Waals surface area contributed by atoms with Gasteiger partial charge in [0.05, 0.1) is 17.3 Å². The van der Waals surface area contributed by atoms with Gasteiger partial charge < -0.3 is 4.90 Å². The predicted octanol–water partition coefficient (Wildman–Crippen LogP) is 3.03. The standard InChI is InChI=1S/C19H19N5O/c25-19(16-7-1-2-9-18(16)23-13-21-22-14-23)24-11-4-3-8-17(24)15-6-5-10-20-12-15/h1-2,5-7,9-10,12-14,17H,3-4,8,11H2/t17-/m0/s1. The molecule has 4 rings (SSSR count). The molecule has 1 aromatic carbocycles. The molecule has 2 aromatic heterocycles. The second kappa shape index (κ2) is 6.84. The Hall–Kier alpha value is -3.02. The van der Waals surface area contributed by atoms with Crippen molar-refractivity contribution in [1.29, 1.82) is 0 Å². The van der Waals surface area contributed by atoms with E-state index in [1.54, 1.807) is 23.4 Å². The lowest BCUT2D eigenvalue weighted by atomic mass is 9.95. The van der Waals surface area contributed by atoms with Crippen LogP contribution in [0.5, 0.6) is 0 Å². The third-order valence-electron chi connectivity index (χ3n) is 4.66. The molecule has 0 radical (unpaired) electrons. The van der Waals surface area contributed by atoms with Gasteiger partial charge in [-0.05, 0) is 43.0 Å². The van der Waals surface area contributed by atoms with E-state index in [4.69, 9.17) is 0 Å². The van der Waals surface area contributed by atoms with Crippen molar-refractivity contribution < 1.29 is 4.79 Å². The molecule has 1 saturated heterocycles. The molecule has 6 heteroatoms. The minimum absolute atomic E-state index is 0.0397. The van der Waals surface area contributed by atoms with E-state index in [0.29, 0.717) is 5.56 Å². The molecular formula is C19H19N5O. The van der Waals surface area contributed by atoms with E-state index in [9.17, 15) is 4.79 Å². The molecule has 3 aromatic rings. The molecule has 1 atom stereocenters. The first-order chi connectivity index (χ1) is 12.3. The fourth-order valence-corrected chi connectivity index (χ4v) is 3.45. The van der Waals surface area contributed by atoms with Gasteiger partial charge >= 0.3 is 0 Å². The second-order valence-electron chi connectivity index (χ2n) is 6.18. The Morgan fingerprint density at radius 2 is 1.88 bits per heavy atom. The number of carbonyl (C=O) groups excluding carboxylic acids is 1. The molecule has 0 bridgehead atoms. The van der Waals surface area contributed by atoms with Gasteiger partial charge in [-0.15, -0.1) is 10.2 Å². The number of para-hydroxylation sites is 1. The Kier molecular flexibility index (Phi) is 4.24. The molecule has 0 spiro atoms. The molecule has 1 fully saturated rings. The molecule has 3 heterocycles. The number of piperidine rings is 1. The number of nitrogens with zero attached hydrogens (tertiary/aromatic N) is 5. The van der Waals surface area contributed by atoms with Crippen LogP contribution in [0.2, 0.25) is 0 Å². The van der Waals surface area contributed by atoms with Crippen LogP contribution in [0, 0.1) is 0 Å². The Balaban J connectivity index is 1.70. The lowest BCUT2D eigenvalue weighted by molar-refractivity contribution is 0.0611. The molecule has 0 N–H and O–H groups in total. The minimum Gasteiger partial charge on any atom is -0.331 e. The minimum atomic E-state index is 0.0397. The number of carbonyl (C=O) groups is 1. The molecule has 1 aliphatic rings. The van der Waals surface area contributed by atoms with Gasteiger partial charge in [0.25, 0.3) is 5.91 Å². The van der Waals surface area contributed by atoms with E-state index >= 15 is 0 Å². The number of likely N-dealkylation sites (tertiary alicyclic amines) is 1. The molecule has 6 nitrogen and oxygen atoms in total. The zero-order chi connectivity index (χ0) is 17.1. The summed E-state index contributed by atoms with van der Waals surface area (Å²) in [6, 6.07) is 11.6. The van der Waals surface area contributed by atoms with E-state index in [2.05, 4.69) is 21.2 Å². The van der Waals surface area contributed by atoms with Gasteiger partial charge in [0.15, 0.2) is 0 Å². The summed E-state index contributed by atoms with van der Waals surface area (Å²) in [5.41, 5.74) is 2.56. The van der Waals surface area contributed by atoms with Gasteiger partial charge in [0.2, 0.25) is 0 Å². The summed E-state index contributed by atoms with van der Waals surface area (Å²) in [6.45, 7) is 0.759. The first-order valence-corrected chi connectivity index (χ1v) is 8.49. The fourth-order valence-electron chi connectivity index (χ4n) is 3.45. The highest BCUT2D eigenvalue weighted by molar-refractivity contribution is 5.98. The van der Waals surface area contributed by atoms with Crippen LogP contribution in [-0.2, 0) is 0 Å². The molecule has 0 unspecified atom stereocenters. The molecule has 1 amide bonds.